The van der Waals surface area contributed by atoms with Crippen molar-refractivity contribution in [3.05, 3.63) is 58.7 Å². The smallest absolute Gasteiger partial charge is 0.309 e. The molecule has 3 aromatic rings. The van der Waals surface area contributed by atoms with Crippen LogP contribution in [-0.4, -0.2) is 39.6 Å². The molecule has 0 aliphatic carbocycles. The molecule has 0 radical (unpaired) electrons. The lowest BCUT2D eigenvalue weighted by molar-refractivity contribution is -0.146. The molecular formula is C29H37ClN2O3S. The normalized spacial score (nSPS) is 16.6. The Balaban J connectivity index is 1.83. The van der Waals surface area contributed by atoms with Gasteiger partial charge in [0.15, 0.2) is 0 Å². The Labute approximate surface area is 223 Å². The van der Waals surface area contributed by atoms with Crippen LogP contribution in [0.5, 0.6) is 5.75 Å². The van der Waals surface area contributed by atoms with Crippen molar-refractivity contribution < 1.29 is 14.6 Å². The fourth-order valence-electron chi connectivity index (χ4n) is 4.58. The third kappa shape index (κ3) is 6.39. The topological polar surface area (TPSA) is 63.5 Å². The predicted molar refractivity (Wildman–Crippen MR) is 150 cm³/mol. The number of carboxylic acids is 1. The van der Waals surface area contributed by atoms with Gasteiger partial charge in [-0.05, 0) is 69.1 Å². The molecule has 4 rings (SSSR count). The zero-order valence-corrected chi connectivity index (χ0v) is 23.4. The molecule has 2 N–H and O–H groups in total. The summed E-state index contributed by atoms with van der Waals surface area (Å²) in [6.45, 7) is 12.5. The Morgan fingerprint density at radius 1 is 1.17 bits per heavy atom. The summed E-state index contributed by atoms with van der Waals surface area (Å²) >= 11 is 7.93. The molecule has 0 amide bonds. The first-order chi connectivity index (χ1) is 16.9. The molecule has 1 fully saturated rings. The number of aromatic nitrogens is 1. The number of hydrogen-bond acceptors (Lipinski definition) is 4. The summed E-state index contributed by atoms with van der Waals surface area (Å²) in [4.78, 5) is 13.3. The lowest BCUT2D eigenvalue weighted by Crippen LogP contribution is -2.28. The lowest BCUT2D eigenvalue weighted by atomic mass is 9.88. The number of benzene rings is 2. The molecule has 2 heterocycles. The Bertz CT molecular complexity index is 1220. The number of carboxylic acid groups (broad SMARTS) is 1. The minimum absolute atomic E-state index is 0.0495. The van der Waals surface area contributed by atoms with Crippen molar-refractivity contribution >= 4 is 40.2 Å². The van der Waals surface area contributed by atoms with E-state index in [1.165, 1.54) is 6.42 Å². The maximum Gasteiger partial charge on any atom is 0.309 e. The van der Waals surface area contributed by atoms with E-state index in [1.54, 1.807) is 25.6 Å². The van der Waals surface area contributed by atoms with E-state index in [0.29, 0.717) is 30.6 Å². The van der Waals surface area contributed by atoms with E-state index in [-0.39, 0.29) is 4.75 Å². The van der Waals surface area contributed by atoms with Crippen molar-refractivity contribution in [2.24, 2.45) is 5.41 Å². The van der Waals surface area contributed by atoms with E-state index in [4.69, 9.17) is 16.3 Å². The van der Waals surface area contributed by atoms with Gasteiger partial charge in [-0.3, -0.25) is 4.79 Å². The molecule has 7 heteroatoms. The highest BCUT2D eigenvalue weighted by atomic mass is 35.5. The van der Waals surface area contributed by atoms with Gasteiger partial charge in [-0.1, -0.05) is 44.5 Å². The van der Waals surface area contributed by atoms with E-state index in [2.05, 4.69) is 42.8 Å². The van der Waals surface area contributed by atoms with Crippen LogP contribution in [0.25, 0.3) is 10.9 Å². The number of ether oxygens (including phenoxy) is 1. The van der Waals surface area contributed by atoms with Gasteiger partial charge in [0.05, 0.1) is 5.41 Å². The predicted octanol–water partition coefficient (Wildman–Crippen LogP) is 7.02. The van der Waals surface area contributed by atoms with Gasteiger partial charge >= 0.3 is 5.97 Å². The number of nitrogens with one attached hydrogen (secondary N) is 1. The molecular weight excluding hydrogens is 492 g/mol. The largest absolute Gasteiger partial charge is 0.492 e. The highest BCUT2D eigenvalue weighted by molar-refractivity contribution is 8.00. The Hall–Kier alpha value is -2.15. The van der Waals surface area contributed by atoms with Crippen LogP contribution in [0.1, 0.15) is 58.7 Å². The molecule has 2 aromatic carbocycles. The summed E-state index contributed by atoms with van der Waals surface area (Å²) in [6.07, 6.45) is 2.75. The van der Waals surface area contributed by atoms with Crippen molar-refractivity contribution in [1.82, 2.24) is 9.88 Å². The molecule has 1 atom stereocenters. The quantitative estimate of drug-likeness (QED) is 0.292. The number of rotatable bonds is 9. The minimum atomic E-state index is -0.910. The van der Waals surface area contributed by atoms with Gasteiger partial charge in [-0.25, -0.2) is 0 Å². The molecule has 1 saturated heterocycles. The fourth-order valence-corrected chi connectivity index (χ4v) is 5.90. The zero-order chi connectivity index (χ0) is 26.1. The summed E-state index contributed by atoms with van der Waals surface area (Å²) in [5.74, 6) is 0.0465. The fraction of sp³-hybridized carbons (Fsp3) is 0.483. The standard InChI is InChI=1S/C29H37ClN2O3S/c1-28(2,3)36-26-23-15-22(35-18-21-7-6-14-31-21)12-13-24(23)32(17-19-8-10-20(30)11-9-19)25(26)16-29(4,5)27(33)34/h8-13,15,21,31H,6-7,14,16-18H2,1-5H3,(H,33,34). The van der Waals surface area contributed by atoms with Crippen molar-refractivity contribution in [3.63, 3.8) is 0 Å². The summed E-state index contributed by atoms with van der Waals surface area (Å²) in [7, 11) is 0. The van der Waals surface area contributed by atoms with E-state index < -0.39 is 11.4 Å². The van der Waals surface area contributed by atoms with Crippen LogP contribution >= 0.6 is 23.4 Å². The minimum Gasteiger partial charge on any atom is -0.492 e. The zero-order valence-electron chi connectivity index (χ0n) is 21.9. The van der Waals surface area contributed by atoms with E-state index >= 15 is 0 Å². The van der Waals surface area contributed by atoms with Crippen LogP contribution < -0.4 is 10.1 Å². The third-order valence-corrected chi connectivity index (χ3v) is 8.08. The monoisotopic (exact) mass is 528 g/mol. The maximum absolute atomic E-state index is 12.2. The van der Waals surface area contributed by atoms with Crippen LogP contribution in [0.3, 0.4) is 0 Å². The van der Waals surface area contributed by atoms with Crippen molar-refractivity contribution in [3.8, 4) is 5.75 Å². The molecule has 1 unspecified atom stereocenters. The molecule has 1 aromatic heterocycles. The van der Waals surface area contributed by atoms with Gasteiger partial charge in [0.2, 0.25) is 0 Å². The first-order valence-corrected chi connectivity index (χ1v) is 13.8. The Morgan fingerprint density at radius 3 is 2.50 bits per heavy atom. The molecule has 36 heavy (non-hydrogen) atoms. The first kappa shape index (κ1) is 26.9. The van der Waals surface area contributed by atoms with Gasteiger partial charge in [-0.15, -0.1) is 11.8 Å². The van der Waals surface area contributed by atoms with E-state index in [0.717, 1.165) is 45.8 Å². The number of hydrogen-bond donors (Lipinski definition) is 2. The van der Waals surface area contributed by atoms with Crippen molar-refractivity contribution in [2.75, 3.05) is 13.2 Å². The van der Waals surface area contributed by atoms with E-state index in [9.17, 15) is 9.90 Å². The van der Waals surface area contributed by atoms with Crippen LogP contribution in [0.2, 0.25) is 5.02 Å². The number of nitrogens with zero attached hydrogens (tertiary/aromatic N) is 1. The van der Waals surface area contributed by atoms with Crippen molar-refractivity contribution in [2.45, 2.75) is 76.1 Å². The second-order valence-corrected chi connectivity index (χ2v) is 13.6. The average molecular weight is 529 g/mol. The molecule has 0 spiro atoms. The number of thioether (sulfide) groups is 1. The van der Waals surface area contributed by atoms with Gasteiger partial charge < -0.3 is 19.7 Å². The summed E-state index contributed by atoms with van der Waals surface area (Å²) in [5.41, 5.74) is 2.33. The van der Waals surface area contributed by atoms with Gasteiger partial charge in [0, 0.05) is 50.3 Å². The van der Waals surface area contributed by atoms with E-state index in [1.807, 2.05) is 30.3 Å². The van der Waals surface area contributed by atoms with Crippen LogP contribution in [-0.2, 0) is 17.8 Å². The first-order valence-electron chi connectivity index (χ1n) is 12.6. The van der Waals surface area contributed by atoms with Crippen molar-refractivity contribution in [1.29, 1.82) is 0 Å². The second-order valence-electron chi connectivity index (χ2n) is 11.4. The highest BCUT2D eigenvalue weighted by Gasteiger charge is 2.33. The highest BCUT2D eigenvalue weighted by Crippen LogP contribution is 2.44. The molecule has 5 nitrogen and oxygen atoms in total. The lowest BCUT2D eigenvalue weighted by Gasteiger charge is -2.24. The van der Waals surface area contributed by atoms with Gasteiger partial charge in [0.25, 0.3) is 0 Å². The van der Waals surface area contributed by atoms with Gasteiger partial charge in [0.1, 0.15) is 12.4 Å². The number of halogens is 1. The summed E-state index contributed by atoms with van der Waals surface area (Å²) < 4.78 is 8.44. The summed E-state index contributed by atoms with van der Waals surface area (Å²) in [6, 6.07) is 14.5. The number of fused-ring (bicyclic) bond motifs is 1. The molecule has 0 bridgehead atoms. The SMILES string of the molecule is CC(C)(C)Sc1c(CC(C)(C)C(=O)O)n(Cc2ccc(Cl)cc2)c2ccc(OCC3CCCN3)cc12. The van der Waals surface area contributed by atoms with Gasteiger partial charge in [-0.2, -0.15) is 0 Å². The molecule has 1 aliphatic heterocycles. The Kier molecular flexibility index (Phi) is 7.98. The molecule has 1 aliphatic rings. The third-order valence-electron chi connectivity index (χ3n) is 6.56. The number of carbonyl (C=O) groups is 1. The van der Waals surface area contributed by atoms with Crippen LogP contribution in [0, 0.1) is 5.41 Å². The molecule has 0 saturated carbocycles. The Morgan fingerprint density at radius 2 is 1.89 bits per heavy atom. The van der Waals surface area contributed by atoms with Crippen LogP contribution in [0.15, 0.2) is 47.4 Å². The molecule has 194 valence electrons. The second kappa shape index (κ2) is 10.7. The average Bonchev–Trinajstić information content (AvgIpc) is 3.41. The summed E-state index contributed by atoms with van der Waals surface area (Å²) in [5, 5.41) is 15.3. The van der Waals surface area contributed by atoms with Crippen LogP contribution in [0.4, 0.5) is 0 Å². The number of aliphatic carboxylic acids is 1. The maximum atomic E-state index is 12.2.